The van der Waals surface area contributed by atoms with Crippen molar-refractivity contribution in [3.05, 3.63) is 100 Å². The first-order valence-corrected chi connectivity index (χ1v) is 11.1. The van der Waals surface area contributed by atoms with Crippen LogP contribution >= 0.6 is 11.3 Å². The highest BCUT2D eigenvalue weighted by Gasteiger charge is 2.25. The number of carbonyl (C=O) groups excluding carboxylic acids is 1. The molecule has 0 fully saturated rings. The van der Waals surface area contributed by atoms with Gasteiger partial charge in [0.15, 0.2) is 0 Å². The molecule has 1 amide bonds. The van der Waals surface area contributed by atoms with Gasteiger partial charge in [0.25, 0.3) is 0 Å². The van der Waals surface area contributed by atoms with Crippen LogP contribution < -0.4 is 11.1 Å². The molecule has 3 heterocycles. The smallest absolute Gasteiger partial charge is 0.229 e. The van der Waals surface area contributed by atoms with Crippen LogP contribution in [0.5, 0.6) is 0 Å². The first-order valence-electron chi connectivity index (χ1n) is 10.2. The summed E-state index contributed by atoms with van der Waals surface area (Å²) in [6, 6.07) is 19.3. The van der Waals surface area contributed by atoms with Crippen molar-refractivity contribution in [2.24, 2.45) is 5.73 Å². The van der Waals surface area contributed by atoms with Crippen LogP contribution in [0.25, 0.3) is 10.6 Å². The number of thiophene rings is 1. The zero-order valence-corrected chi connectivity index (χ0v) is 18.3. The Hall–Kier alpha value is -4.09. The maximum Gasteiger partial charge on any atom is 0.229 e. The monoisotopic (exact) mass is 457 g/mol. The number of primary amides is 1. The lowest BCUT2D eigenvalue weighted by molar-refractivity contribution is -0.118. The highest BCUT2D eigenvalue weighted by Crippen LogP contribution is 2.33. The molecule has 0 spiro atoms. The van der Waals surface area contributed by atoms with Crippen molar-refractivity contribution >= 4 is 23.1 Å². The van der Waals surface area contributed by atoms with Crippen LogP contribution in [0, 0.1) is 17.1 Å². The largest absolute Gasteiger partial charge is 0.369 e. The normalized spacial score (nSPS) is 11.5. The van der Waals surface area contributed by atoms with Crippen molar-refractivity contribution < 1.29 is 9.18 Å². The highest BCUT2D eigenvalue weighted by molar-refractivity contribution is 7.15. The van der Waals surface area contributed by atoms with Gasteiger partial charge in [0.2, 0.25) is 5.91 Å². The summed E-state index contributed by atoms with van der Waals surface area (Å²) in [6.45, 7) is 0.472. The average molecular weight is 458 g/mol. The molecule has 33 heavy (non-hydrogen) atoms. The van der Waals surface area contributed by atoms with Crippen molar-refractivity contribution in [3.8, 4) is 16.6 Å². The second-order valence-electron chi connectivity index (χ2n) is 7.34. The maximum atomic E-state index is 13.5. The van der Waals surface area contributed by atoms with Crippen molar-refractivity contribution in [1.82, 2.24) is 9.97 Å². The second kappa shape index (κ2) is 10.0. The van der Waals surface area contributed by atoms with E-state index in [1.807, 2.05) is 24.3 Å². The number of pyridine rings is 2. The second-order valence-corrected chi connectivity index (χ2v) is 8.42. The Balaban J connectivity index is 1.69. The van der Waals surface area contributed by atoms with Gasteiger partial charge in [0, 0.05) is 24.5 Å². The number of rotatable bonds is 8. The van der Waals surface area contributed by atoms with Gasteiger partial charge >= 0.3 is 0 Å². The molecule has 0 saturated heterocycles. The fourth-order valence-electron chi connectivity index (χ4n) is 3.58. The number of nitrogens with two attached hydrogens (primary N) is 1. The number of amides is 1. The summed E-state index contributed by atoms with van der Waals surface area (Å²) >= 11 is 1.34. The van der Waals surface area contributed by atoms with Gasteiger partial charge in [-0.15, -0.1) is 11.3 Å². The Labute approximate surface area is 194 Å². The quantitative estimate of drug-likeness (QED) is 0.406. The van der Waals surface area contributed by atoms with Crippen molar-refractivity contribution in [2.45, 2.75) is 12.3 Å². The number of halogens is 1. The van der Waals surface area contributed by atoms with E-state index in [2.05, 4.69) is 16.4 Å². The maximum absolute atomic E-state index is 13.5. The molecule has 3 aromatic heterocycles. The fraction of sp³-hybridized carbons (Fsp3) is 0.120. The van der Waals surface area contributed by atoms with Gasteiger partial charge in [0.1, 0.15) is 22.6 Å². The molecule has 0 aliphatic rings. The van der Waals surface area contributed by atoms with E-state index in [0.29, 0.717) is 40.5 Å². The number of carbonyl (C=O) groups is 1. The highest BCUT2D eigenvalue weighted by atomic mass is 32.1. The molecule has 0 bridgehead atoms. The number of nitriles is 1. The summed E-state index contributed by atoms with van der Waals surface area (Å²) in [6.07, 6.45) is 3.80. The summed E-state index contributed by atoms with van der Waals surface area (Å²) in [5.74, 6) is -1.04. The van der Waals surface area contributed by atoms with E-state index in [9.17, 15) is 9.18 Å². The third kappa shape index (κ3) is 5.22. The Bertz CT molecular complexity index is 1320. The van der Waals surface area contributed by atoms with E-state index in [1.165, 1.54) is 23.5 Å². The number of hydrogen-bond acceptors (Lipinski definition) is 6. The summed E-state index contributed by atoms with van der Waals surface area (Å²) in [5, 5.41) is 12.4. The van der Waals surface area contributed by atoms with Gasteiger partial charge in [0.05, 0.1) is 16.5 Å². The van der Waals surface area contributed by atoms with Gasteiger partial charge in [-0.2, -0.15) is 5.26 Å². The van der Waals surface area contributed by atoms with Gasteiger partial charge in [-0.3, -0.25) is 9.78 Å². The third-order valence-electron chi connectivity index (χ3n) is 5.10. The number of anilines is 1. The van der Waals surface area contributed by atoms with Gasteiger partial charge in [-0.1, -0.05) is 24.3 Å². The summed E-state index contributed by atoms with van der Waals surface area (Å²) in [7, 11) is 0. The Kier molecular flexibility index (Phi) is 6.72. The lowest BCUT2D eigenvalue weighted by Crippen LogP contribution is -2.24. The number of nitrogens with zero attached hydrogens (tertiary/aromatic N) is 3. The Morgan fingerprint density at radius 2 is 2.06 bits per heavy atom. The molecule has 6 nitrogen and oxygen atoms in total. The van der Waals surface area contributed by atoms with Crippen LogP contribution in [-0.2, 0) is 11.2 Å². The van der Waals surface area contributed by atoms with E-state index in [0.717, 1.165) is 10.4 Å². The molecule has 1 atom stereocenters. The van der Waals surface area contributed by atoms with Crippen molar-refractivity contribution in [3.63, 3.8) is 0 Å². The van der Waals surface area contributed by atoms with Crippen molar-refractivity contribution in [2.75, 3.05) is 11.9 Å². The van der Waals surface area contributed by atoms with Crippen LogP contribution in [0.15, 0.2) is 73.1 Å². The number of benzene rings is 1. The van der Waals surface area contributed by atoms with E-state index in [-0.39, 0.29) is 5.82 Å². The summed E-state index contributed by atoms with van der Waals surface area (Å²) < 4.78 is 13.5. The van der Waals surface area contributed by atoms with Crippen LogP contribution in [0.4, 0.5) is 10.2 Å². The first-order chi connectivity index (χ1) is 16.0. The van der Waals surface area contributed by atoms with Crippen LogP contribution in [0.1, 0.15) is 27.5 Å². The van der Waals surface area contributed by atoms with E-state index >= 15 is 0 Å². The zero-order valence-electron chi connectivity index (χ0n) is 17.5. The van der Waals surface area contributed by atoms with Crippen molar-refractivity contribution in [1.29, 1.82) is 5.26 Å². The van der Waals surface area contributed by atoms with Crippen LogP contribution in [-0.4, -0.2) is 22.4 Å². The molecule has 0 aliphatic heterocycles. The number of aromatic nitrogens is 2. The molecule has 4 aromatic rings. The zero-order chi connectivity index (χ0) is 23.2. The molecule has 0 radical (unpaired) electrons. The molecule has 3 N–H and O–H groups in total. The average Bonchev–Trinajstić information content (AvgIpc) is 3.30. The minimum atomic E-state index is -0.741. The lowest BCUT2D eigenvalue weighted by atomic mass is 9.91. The molecule has 1 aromatic carbocycles. The topological polar surface area (TPSA) is 105 Å². The Morgan fingerprint density at radius 3 is 2.76 bits per heavy atom. The summed E-state index contributed by atoms with van der Waals surface area (Å²) in [4.78, 5) is 22.7. The number of hydrogen-bond donors (Lipinski definition) is 2. The van der Waals surface area contributed by atoms with Gasteiger partial charge in [-0.05, 0) is 53.9 Å². The predicted octanol–water partition coefficient (Wildman–Crippen LogP) is 4.49. The van der Waals surface area contributed by atoms with Crippen LogP contribution in [0.3, 0.4) is 0 Å². The summed E-state index contributed by atoms with van der Waals surface area (Å²) in [5.41, 5.74) is 8.58. The molecule has 0 aliphatic carbocycles. The molecule has 1 unspecified atom stereocenters. The van der Waals surface area contributed by atoms with E-state index in [4.69, 9.17) is 16.0 Å². The van der Waals surface area contributed by atoms with Gasteiger partial charge in [-0.25, -0.2) is 9.37 Å². The van der Waals surface area contributed by atoms with Crippen LogP contribution in [0.2, 0.25) is 0 Å². The molecule has 4 rings (SSSR count). The fourth-order valence-corrected chi connectivity index (χ4v) is 4.35. The lowest BCUT2D eigenvalue weighted by Gasteiger charge is -2.19. The minimum Gasteiger partial charge on any atom is -0.369 e. The van der Waals surface area contributed by atoms with Gasteiger partial charge < -0.3 is 11.1 Å². The standard InChI is InChI=1S/C25H20FN5OS/c26-18-5-1-3-16(13-18)10-12-30-25-20(23(24(28)32)17-4-2-11-29-15-17)7-8-21(31-25)22-9-6-19(14-27)33-22/h1-9,11,13,15,23H,10,12H2,(H2,28,32)(H,30,31). The molecular formula is C25H20FN5OS. The molecule has 8 heteroatoms. The van der Waals surface area contributed by atoms with E-state index < -0.39 is 11.8 Å². The SMILES string of the molecule is N#Cc1ccc(-c2ccc(C(C(N)=O)c3cccnc3)c(NCCc3cccc(F)c3)n2)s1. The third-order valence-corrected chi connectivity index (χ3v) is 6.12. The molecular weight excluding hydrogens is 437 g/mol. The number of nitrogens with one attached hydrogen (secondary N) is 1. The minimum absolute atomic E-state index is 0.287. The molecule has 164 valence electrons. The Morgan fingerprint density at radius 1 is 1.18 bits per heavy atom. The predicted molar refractivity (Wildman–Crippen MR) is 126 cm³/mol. The molecule has 0 saturated carbocycles. The first kappa shape index (κ1) is 22.1. The van der Waals surface area contributed by atoms with E-state index in [1.54, 1.807) is 36.7 Å².